The number of nitrogens with zero attached hydrogens (tertiary/aromatic N) is 2. The first-order chi connectivity index (χ1) is 11.6. The van der Waals surface area contributed by atoms with Gasteiger partial charge >= 0.3 is 0 Å². The van der Waals surface area contributed by atoms with Crippen LogP contribution in [0.3, 0.4) is 0 Å². The summed E-state index contributed by atoms with van der Waals surface area (Å²) in [6.07, 6.45) is 4.95. The molecule has 4 fully saturated rings. The Morgan fingerprint density at radius 3 is 2.58 bits per heavy atom. The molecule has 0 bridgehead atoms. The van der Waals surface area contributed by atoms with Crippen LogP contribution in [0, 0.1) is 11.8 Å². The molecule has 3 atom stereocenters. The van der Waals surface area contributed by atoms with E-state index in [1.807, 2.05) is 9.80 Å². The molecule has 3 saturated heterocycles. The molecule has 24 heavy (non-hydrogen) atoms. The molecule has 134 valence electrons. The normalized spacial score (nSPS) is 34.3. The zero-order valence-corrected chi connectivity index (χ0v) is 14.5. The predicted molar refractivity (Wildman–Crippen MR) is 87.3 cm³/mol. The van der Waals surface area contributed by atoms with Crippen molar-refractivity contribution >= 4 is 11.8 Å². The second kappa shape index (κ2) is 6.30. The van der Waals surface area contributed by atoms with Crippen LogP contribution in [0.4, 0.5) is 0 Å². The van der Waals surface area contributed by atoms with E-state index in [-0.39, 0.29) is 30.1 Å². The second-order valence-electron chi connectivity index (χ2n) is 8.06. The molecule has 0 aromatic carbocycles. The number of ether oxygens (including phenoxy) is 2. The molecule has 0 unspecified atom stereocenters. The van der Waals surface area contributed by atoms with Crippen molar-refractivity contribution in [2.75, 3.05) is 39.4 Å². The molecule has 6 heteroatoms. The average Bonchev–Trinajstić information content (AvgIpc) is 3.05. The summed E-state index contributed by atoms with van der Waals surface area (Å²) < 4.78 is 11.9. The lowest BCUT2D eigenvalue weighted by molar-refractivity contribution is -0.202. The Labute approximate surface area is 143 Å². The minimum absolute atomic E-state index is 0.0717. The van der Waals surface area contributed by atoms with Crippen LogP contribution in [0.2, 0.25) is 0 Å². The van der Waals surface area contributed by atoms with Crippen LogP contribution in [-0.2, 0) is 19.1 Å². The van der Waals surface area contributed by atoms with Crippen molar-refractivity contribution in [2.24, 2.45) is 11.8 Å². The summed E-state index contributed by atoms with van der Waals surface area (Å²) >= 11 is 0. The summed E-state index contributed by atoms with van der Waals surface area (Å²) in [5.74, 6) is 1.20. The Morgan fingerprint density at radius 1 is 1.21 bits per heavy atom. The molecule has 0 radical (unpaired) electrons. The molecule has 1 aliphatic carbocycles. The van der Waals surface area contributed by atoms with E-state index in [1.54, 1.807) is 0 Å². The van der Waals surface area contributed by atoms with Crippen molar-refractivity contribution in [1.29, 1.82) is 0 Å². The number of carbonyl (C=O) groups is 2. The first-order valence-electron chi connectivity index (χ1n) is 9.38. The van der Waals surface area contributed by atoms with Crippen LogP contribution < -0.4 is 0 Å². The van der Waals surface area contributed by atoms with Gasteiger partial charge in [-0.1, -0.05) is 6.92 Å². The summed E-state index contributed by atoms with van der Waals surface area (Å²) in [6.45, 7) is 6.10. The molecule has 2 amide bonds. The van der Waals surface area contributed by atoms with Crippen LogP contribution in [-0.4, -0.2) is 72.7 Å². The zero-order chi connectivity index (χ0) is 16.7. The SMILES string of the molecule is C[C@@H]1C[C@H]1C(=O)N1CC2(C[C@@H](OCC(=O)N3CCCC3)CCO2)C1. The highest BCUT2D eigenvalue weighted by atomic mass is 16.5. The lowest BCUT2D eigenvalue weighted by atomic mass is 9.84. The maximum Gasteiger partial charge on any atom is 0.248 e. The number of amides is 2. The van der Waals surface area contributed by atoms with Crippen LogP contribution in [0.5, 0.6) is 0 Å². The fourth-order valence-corrected chi connectivity index (χ4v) is 4.30. The number of rotatable bonds is 4. The average molecular weight is 336 g/mol. The van der Waals surface area contributed by atoms with E-state index in [2.05, 4.69) is 6.92 Å². The summed E-state index contributed by atoms with van der Waals surface area (Å²) in [6, 6.07) is 0. The molecular formula is C18H28N2O4. The Balaban J connectivity index is 1.23. The molecule has 4 aliphatic rings. The number of hydrogen-bond donors (Lipinski definition) is 0. The van der Waals surface area contributed by atoms with E-state index in [0.717, 1.165) is 45.2 Å². The van der Waals surface area contributed by atoms with E-state index in [9.17, 15) is 9.59 Å². The Bertz CT molecular complexity index is 511. The zero-order valence-electron chi connectivity index (χ0n) is 14.5. The van der Waals surface area contributed by atoms with Gasteiger partial charge in [-0.3, -0.25) is 9.59 Å². The van der Waals surface area contributed by atoms with Crippen molar-refractivity contribution in [3.63, 3.8) is 0 Å². The third-order valence-corrected chi connectivity index (χ3v) is 6.05. The minimum Gasteiger partial charge on any atom is -0.371 e. The number of carbonyl (C=O) groups excluding carboxylic acids is 2. The monoisotopic (exact) mass is 336 g/mol. The molecule has 3 heterocycles. The summed E-state index contributed by atoms with van der Waals surface area (Å²) in [5.41, 5.74) is -0.229. The maximum absolute atomic E-state index is 12.3. The second-order valence-corrected chi connectivity index (χ2v) is 8.06. The fourth-order valence-electron chi connectivity index (χ4n) is 4.30. The minimum atomic E-state index is -0.229. The molecule has 0 aromatic rings. The van der Waals surface area contributed by atoms with Crippen molar-refractivity contribution in [3.05, 3.63) is 0 Å². The highest BCUT2D eigenvalue weighted by Crippen LogP contribution is 2.43. The Morgan fingerprint density at radius 2 is 1.92 bits per heavy atom. The highest BCUT2D eigenvalue weighted by Gasteiger charge is 2.53. The Hall–Kier alpha value is -1.14. The van der Waals surface area contributed by atoms with Crippen LogP contribution in [0.25, 0.3) is 0 Å². The summed E-state index contributed by atoms with van der Waals surface area (Å²) in [4.78, 5) is 28.2. The van der Waals surface area contributed by atoms with Gasteiger partial charge in [0.05, 0.1) is 19.2 Å². The lowest BCUT2D eigenvalue weighted by Crippen LogP contribution is -2.67. The van der Waals surface area contributed by atoms with Crippen molar-refractivity contribution in [3.8, 4) is 0 Å². The molecule has 1 spiro atoms. The predicted octanol–water partition coefficient (Wildman–Crippen LogP) is 1.04. The van der Waals surface area contributed by atoms with Crippen molar-refractivity contribution < 1.29 is 19.1 Å². The molecule has 4 rings (SSSR count). The van der Waals surface area contributed by atoms with Gasteiger partial charge in [-0.15, -0.1) is 0 Å². The first kappa shape index (κ1) is 16.3. The number of hydrogen-bond acceptors (Lipinski definition) is 4. The van der Waals surface area contributed by atoms with Gasteiger partial charge in [-0.05, 0) is 31.6 Å². The lowest BCUT2D eigenvalue weighted by Gasteiger charge is -2.53. The van der Waals surface area contributed by atoms with Gasteiger partial charge in [0.15, 0.2) is 0 Å². The van der Waals surface area contributed by atoms with E-state index in [4.69, 9.17) is 9.47 Å². The third kappa shape index (κ3) is 3.18. The van der Waals surface area contributed by atoms with E-state index in [0.29, 0.717) is 31.5 Å². The van der Waals surface area contributed by atoms with Gasteiger partial charge in [0, 0.05) is 32.0 Å². The summed E-state index contributed by atoms with van der Waals surface area (Å²) in [5, 5.41) is 0. The van der Waals surface area contributed by atoms with E-state index < -0.39 is 0 Å². The maximum atomic E-state index is 12.3. The quantitative estimate of drug-likeness (QED) is 0.770. The topological polar surface area (TPSA) is 59.1 Å². The van der Waals surface area contributed by atoms with Crippen LogP contribution in [0.15, 0.2) is 0 Å². The highest BCUT2D eigenvalue weighted by molar-refractivity contribution is 5.82. The third-order valence-electron chi connectivity index (χ3n) is 6.05. The molecule has 6 nitrogen and oxygen atoms in total. The Kier molecular flexibility index (Phi) is 4.29. The molecule has 3 aliphatic heterocycles. The van der Waals surface area contributed by atoms with Gasteiger partial charge < -0.3 is 19.3 Å². The van der Waals surface area contributed by atoms with Gasteiger partial charge in [-0.25, -0.2) is 0 Å². The van der Waals surface area contributed by atoms with E-state index in [1.165, 1.54) is 0 Å². The van der Waals surface area contributed by atoms with Gasteiger partial charge in [-0.2, -0.15) is 0 Å². The largest absolute Gasteiger partial charge is 0.371 e. The van der Waals surface area contributed by atoms with Crippen LogP contribution >= 0.6 is 0 Å². The molecule has 0 N–H and O–H groups in total. The fraction of sp³-hybridized carbons (Fsp3) is 0.889. The number of likely N-dealkylation sites (tertiary alicyclic amines) is 2. The summed E-state index contributed by atoms with van der Waals surface area (Å²) in [7, 11) is 0. The molecule has 0 aromatic heterocycles. The smallest absolute Gasteiger partial charge is 0.248 e. The van der Waals surface area contributed by atoms with Gasteiger partial charge in [0.1, 0.15) is 12.2 Å². The van der Waals surface area contributed by atoms with Gasteiger partial charge in [0.2, 0.25) is 11.8 Å². The first-order valence-corrected chi connectivity index (χ1v) is 9.38. The van der Waals surface area contributed by atoms with Crippen LogP contribution in [0.1, 0.15) is 39.0 Å². The molecular weight excluding hydrogens is 308 g/mol. The van der Waals surface area contributed by atoms with Crippen molar-refractivity contribution in [2.45, 2.75) is 50.7 Å². The molecule has 1 saturated carbocycles. The standard InChI is InChI=1S/C18H28N2O4/c1-13-8-15(13)17(22)20-11-18(12-20)9-14(4-7-24-18)23-10-16(21)19-5-2-3-6-19/h13-15H,2-12H2,1H3/t13-,14+,15-/m1/s1. The van der Waals surface area contributed by atoms with Crippen molar-refractivity contribution in [1.82, 2.24) is 9.80 Å². The van der Waals surface area contributed by atoms with E-state index >= 15 is 0 Å². The van der Waals surface area contributed by atoms with Gasteiger partial charge in [0.25, 0.3) is 0 Å².